The SMILES string of the molecule is CCCCCCC/C=C\C/C=C\CCCCCCCCCCCCCCOCC(COP(=O)(O)OCC[N+](C)(C)C)OC(=O)CCCCCCCCCCC/C=C\C/C=C\CCCCCCC. The summed E-state index contributed by atoms with van der Waals surface area (Å²) in [5.41, 5.74) is 0. The number of unbranched alkanes of at least 4 members (excludes halogenated alkanes) is 31. The number of hydrogen-bond acceptors (Lipinski definition) is 6. The second-order valence-corrected chi connectivity index (χ2v) is 21.8. The lowest BCUT2D eigenvalue weighted by Gasteiger charge is -2.24. The van der Waals surface area contributed by atoms with Gasteiger partial charge in [-0.3, -0.25) is 13.8 Å². The monoisotopic (exact) mass is 965 g/mol. The molecule has 0 saturated carbocycles. The molecule has 0 radical (unpaired) electrons. The Balaban J connectivity index is 4.09. The first-order chi connectivity index (χ1) is 32.6. The van der Waals surface area contributed by atoms with Crippen LogP contribution in [0, 0.1) is 0 Å². The van der Waals surface area contributed by atoms with Gasteiger partial charge in [-0.2, -0.15) is 0 Å². The van der Waals surface area contributed by atoms with Crippen LogP contribution < -0.4 is 0 Å². The molecule has 0 amide bonds. The fraction of sp³-hybridized carbons (Fsp3) is 0.845. The highest BCUT2D eigenvalue weighted by Gasteiger charge is 2.26. The molecule has 0 aliphatic heterocycles. The molecule has 0 heterocycles. The average molecular weight is 965 g/mol. The minimum atomic E-state index is -4.29. The zero-order valence-electron chi connectivity index (χ0n) is 44.9. The Morgan fingerprint density at radius 2 is 0.821 bits per heavy atom. The molecule has 0 aliphatic carbocycles. The molecule has 2 unspecified atom stereocenters. The Bertz CT molecular complexity index is 1210. The van der Waals surface area contributed by atoms with Gasteiger partial charge in [0.2, 0.25) is 0 Å². The molecule has 0 aliphatic rings. The van der Waals surface area contributed by atoms with Gasteiger partial charge < -0.3 is 18.9 Å². The van der Waals surface area contributed by atoms with Gasteiger partial charge in [0.1, 0.15) is 19.3 Å². The van der Waals surface area contributed by atoms with Crippen LogP contribution in [0.1, 0.15) is 258 Å². The van der Waals surface area contributed by atoms with Crippen LogP contribution in [0.5, 0.6) is 0 Å². The zero-order valence-corrected chi connectivity index (χ0v) is 45.8. The third kappa shape index (κ3) is 55.3. The van der Waals surface area contributed by atoms with Gasteiger partial charge in [-0.15, -0.1) is 0 Å². The lowest BCUT2D eigenvalue weighted by Crippen LogP contribution is -2.37. The molecule has 8 nitrogen and oxygen atoms in total. The Morgan fingerprint density at radius 1 is 0.463 bits per heavy atom. The fourth-order valence-corrected chi connectivity index (χ4v) is 8.71. The first-order valence-corrected chi connectivity index (χ1v) is 29.9. The molecule has 67 heavy (non-hydrogen) atoms. The molecule has 0 aromatic carbocycles. The number of phosphoric acid groups is 1. The summed E-state index contributed by atoms with van der Waals surface area (Å²) in [5.74, 6) is -0.316. The Labute approximate surface area is 416 Å². The summed E-state index contributed by atoms with van der Waals surface area (Å²) in [6, 6.07) is 0. The van der Waals surface area contributed by atoms with Crippen molar-refractivity contribution < 1.29 is 37.3 Å². The molecule has 0 saturated heterocycles. The van der Waals surface area contributed by atoms with Crippen molar-refractivity contribution in [3.05, 3.63) is 48.6 Å². The third-order valence-corrected chi connectivity index (χ3v) is 13.3. The van der Waals surface area contributed by atoms with Crippen LogP contribution in [-0.2, 0) is 27.9 Å². The van der Waals surface area contributed by atoms with Gasteiger partial charge in [-0.1, -0.05) is 223 Å². The number of esters is 1. The predicted molar refractivity (Wildman–Crippen MR) is 289 cm³/mol. The van der Waals surface area contributed by atoms with Crippen LogP contribution in [0.4, 0.5) is 0 Å². The number of carbonyl (C=O) groups excluding carboxylic acids is 1. The molecule has 0 spiro atoms. The summed E-state index contributed by atoms with van der Waals surface area (Å²) >= 11 is 0. The molecule has 1 N–H and O–H groups in total. The first-order valence-electron chi connectivity index (χ1n) is 28.4. The van der Waals surface area contributed by atoms with E-state index in [2.05, 4.69) is 62.5 Å². The average Bonchev–Trinajstić information content (AvgIpc) is 3.29. The van der Waals surface area contributed by atoms with Gasteiger partial charge in [0.05, 0.1) is 34.4 Å². The number of carbonyl (C=O) groups is 1. The van der Waals surface area contributed by atoms with Gasteiger partial charge in [0, 0.05) is 13.0 Å². The summed E-state index contributed by atoms with van der Waals surface area (Å²) in [6.07, 6.45) is 64.5. The van der Waals surface area contributed by atoms with E-state index in [1.54, 1.807) is 0 Å². The molecular weight excluding hydrogens is 854 g/mol. The summed E-state index contributed by atoms with van der Waals surface area (Å²) < 4.78 is 35.3. The number of phosphoric ester groups is 1. The van der Waals surface area contributed by atoms with Crippen LogP contribution in [0.15, 0.2) is 48.6 Å². The van der Waals surface area contributed by atoms with Gasteiger partial charge in [0.15, 0.2) is 0 Å². The summed E-state index contributed by atoms with van der Waals surface area (Å²) in [5, 5.41) is 0. The van der Waals surface area contributed by atoms with E-state index in [0.29, 0.717) is 24.1 Å². The van der Waals surface area contributed by atoms with E-state index < -0.39 is 13.9 Å². The molecule has 9 heteroatoms. The van der Waals surface area contributed by atoms with Crippen molar-refractivity contribution in [2.75, 3.05) is 54.1 Å². The van der Waals surface area contributed by atoms with E-state index in [9.17, 15) is 14.3 Å². The summed E-state index contributed by atoms with van der Waals surface area (Å²) in [7, 11) is 1.67. The minimum absolute atomic E-state index is 0.0871. The van der Waals surface area contributed by atoms with Gasteiger partial charge in [0.25, 0.3) is 0 Å². The zero-order chi connectivity index (χ0) is 49.0. The molecule has 0 aromatic heterocycles. The van der Waals surface area contributed by atoms with Crippen LogP contribution >= 0.6 is 7.82 Å². The molecule has 0 bridgehead atoms. The van der Waals surface area contributed by atoms with E-state index in [1.807, 2.05) is 21.1 Å². The molecule has 0 rings (SSSR count). The largest absolute Gasteiger partial charge is 0.472 e. The summed E-state index contributed by atoms with van der Waals surface area (Å²) in [6.45, 7) is 5.63. The Kier molecular flexibility index (Phi) is 49.7. The Hall–Kier alpha value is -1.54. The number of ether oxygens (including phenoxy) is 2. The molecule has 2 atom stereocenters. The maximum absolute atomic E-state index is 12.8. The maximum Gasteiger partial charge on any atom is 0.472 e. The maximum atomic E-state index is 12.8. The lowest BCUT2D eigenvalue weighted by atomic mass is 10.0. The van der Waals surface area contributed by atoms with Gasteiger partial charge in [-0.05, 0) is 77.0 Å². The Morgan fingerprint density at radius 3 is 1.21 bits per heavy atom. The number of quaternary nitrogens is 1. The number of likely N-dealkylation sites (N-methyl/N-ethyl adjacent to an activating group) is 1. The lowest BCUT2D eigenvalue weighted by molar-refractivity contribution is -0.870. The van der Waals surface area contributed by atoms with Crippen molar-refractivity contribution in [1.29, 1.82) is 0 Å². The standard InChI is InChI=1S/C58H110NO7P/c1-6-8-10-12-14-16-18-20-22-24-26-28-29-30-32-34-36-38-40-42-44-46-48-50-53-63-55-57(56-65-67(61,62)64-54-52-59(3,4)5)66-58(60)51-49-47-45-43-41-39-37-35-33-31-27-25-23-21-19-17-15-13-11-9-7-2/h18-21,24-27,57H,6-17,22-23,28-56H2,1-5H3/p+1/b20-18-,21-19-,26-24-,27-25-. The second-order valence-electron chi connectivity index (χ2n) is 20.3. The van der Waals surface area contributed by atoms with Crippen LogP contribution in [0.2, 0.25) is 0 Å². The number of rotatable bonds is 53. The van der Waals surface area contributed by atoms with E-state index in [0.717, 1.165) is 44.9 Å². The van der Waals surface area contributed by atoms with Crippen LogP contribution in [0.3, 0.4) is 0 Å². The van der Waals surface area contributed by atoms with Gasteiger partial charge in [-0.25, -0.2) is 4.57 Å². The molecule has 394 valence electrons. The van der Waals surface area contributed by atoms with E-state index in [-0.39, 0.29) is 25.8 Å². The number of hydrogen-bond donors (Lipinski definition) is 1. The summed E-state index contributed by atoms with van der Waals surface area (Å²) in [4.78, 5) is 23.1. The van der Waals surface area contributed by atoms with Crippen molar-refractivity contribution in [3.63, 3.8) is 0 Å². The van der Waals surface area contributed by atoms with Crippen LogP contribution in [-0.4, -0.2) is 75.6 Å². The first kappa shape index (κ1) is 65.5. The molecular formula is C58H111NO7P+. The third-order valence-electron chi connectivity index (χ3n) is 12.4. The normalized spacial score (nSPS) is 13.8. The van der Waals surface area contributed by atoms with E-state index in [1.165, 1.54) is 193 Å². The highest BCUT2D eigenvalue weighted by atomic mass is 31.2. The molecule has 0 fully saturated rings. The van der Waals surface area contributed by atoms with E-state index in [4.69, 9.17) is 18.5 Å². The topological polar surface area (TPSA) is 91.3 Å². The van der Waals surface area contributed by atoms with Crippen molar-refractivity contribution in [1.82, 2.24) is 0 Å². The van der Waals surface area contributed by atoms with Crippen LogP contribution in [0.25, 0.3) is 0 Å². The van der Waals surface area contributed by atoms with E-state index >= 15 is 0 Å². The van der Waals surface area contributed by atoms with Crippen molar-refractivity contribution in [3.8, 4) is 0 Å². The fourth-order valence-electron chi connectivity index (χ4n) is 7.97. The number of allylic oxidation sites excluding steroid dienone is 8. The smallest absolute Gasteiger partial charge is 0.457 e. The van der Waals surface area contributed by atoms with Crippen molar-refractivity contribution in [2.45, 2.75) is 264 Å². The second kappa shape index (κ2) is 50.8. The quantitative estimate of drug-likeness (QED) is 0.0213. The highest BCUT2D eigenvalue weighted by Crippen LogP contribution is 2.43. The predicted octanol–water partition coefficient (Wildman–Crippen LogP) is 17.8. The van der Waals surface area contributed by atoms with Crippen molar-refractivity contribution >= 4 is 13.8 Å². The minimum Gasteiger partial charge on any atom is -0.457 e. The number of nitrogens with zero attached hydrogens (tertiary/aromatic N) is 1. The van der Waals surface area contributed by atoms with Gasteiger partial charge >= 0.3 is 13.8 Å². The van der Waals surface area contributed by atoms with Crippen molar-refractivity contribution in [2.24, 2.45) is 0 Å². The highest BCUT2D eigenvalue weighted by molar-refractivity contribution is 7.47. The molecule has 0 aromatic rings.